The molecule has 0 aliphatic rings. The van der Waals surface area contributed by atoms with E-state index in [4.69, 9.17) is 9.84 Å². The van der Waals surface area contributed by atoms with Crippen molar-refractivity contribution in [2.24, 2.45) is 5.41 Å². The molecule has 1 N–H and O–H groups in total. The van der Waals surface area contributed by atoms with Gasteiger partial charge in [-0.05, 0) is 34.1 Å². The second kappa shape index (κ2) is 5.63. The molecule has 0 amide bonds. The minimum Gasteiger partial charge on any atom is -0.478 e. The van der Waals surface area contributed by atoms with Crippen molar-refractivity contribution in [3.05, 3.63) is 28.2 Å². The number of hydrogen-bond acceptors (Lipinski definition) is 2. The highest BCUT2D eigenvalue weighted by molar-refractivity contribution is 9.10. The lowest BCUT2D eigenvalue weighted by Crippen LogP contribution is -2.39. The maximum atomic E-state index is 12.5. The average molecular weight is 355 g/mol. The second-order valence-corrected chi connectivity index (χ2v) is 6.20. The van der Waals surface area contributed by atoms with E-state index in [0.717, 1.165) is 18.2 Å². The molecule has 0 bridgehead atoms. The zero-order valence-corrected chi connectivity index (χ0v) is 12.7. The number of benzene rings is 1. The van der Waals surface area contributed by atoms with Gasteiger partial charge in [-0.3, -0.25) is 0 Å². The molecule has 20 heavy (non-hydrogen) atoms. The molecule has 0 heterocycles. The van der Waals surface area contributed by atoms with Crippen molar-refractivity contribution in [1.29, 1.82) is 0 Å². The molecule has 0 radical (unpaired) electrons. The molecule has 1 atom stereocenters. The fourth-order valence-electron chi connectivity index (χ4n) is 1.50. The number of ether oxygens (including phenoxy) is 1. The third kappa shape index (κ3) is 4.13. The van der Waals surface area contributed by atoms with Crippen molar-refractivity contribution >= 4 is 21.9 Å². The van der Waals surface area contributed by atoms with Crippen LogP contribution in [0.3, 0.4) is 0 Å². The number of halogens is 4. The van der Waals surface area contributed by atoms with E-state index in [9.17, 15) is 18.0 Å². The molecule has 1 unspecified atom stereocenters. The molecule has 0 aliphatic heterocycles. The Labute approximate surface area is 122 Å². The molecule has 0 aromatic heterocycles. The summed E-state index contributed by atoms with van der Waals surface area (Å²) in [5, 5.41) is 9.12. The van der Waals surface area contributed by atoms with E-state index in [1.54, 1.807) is 20.8 Å². The summed E-state index contributed by atoms with van der Waals surface area (Å²) >= 11 is 2.97. The lowest BCUT2D eigenvalue weighted by Gasteiger charge is -2.28. The van der Waals surface area contributed by atoms with Gasteiger partial charge in [0.15, 0.2) is 6.10 Å². The van der Waals surface area contributed by atoms with E-state index in [-0.39, 0.29) is 10.2 Å². The Hall–Kier alpha value is -1.24. The SMILES string of the molecule is CC(C)(C)C(Oc1ccc(C(F)(F)F)cc1Br)C(=O)O. The Kier molecular flexibility index (Phi) is 4.74. The highest BCUT2D eigenvalue weighted by Crippen LogP contribution is 2.36. The molecule has 0 fully saturated rings. The minimum atomic E-state index is -4.46. The number of aliphatic carboxylic acids is 1. The normalized spacial score (nSPS) is 13.9. The Balaban J connectivity index is 3.07. The van der Waals surface area contributed by atoms with E-state index >= 15 is 0 Å². The van der Waals surface area contributed by atoms with Crippen LogP contribution in [-0.4, -0.2) is 17.2 Å². The van der Waals surface area contributed by atoms with Gasteiger partial charge in [-0.25, -0.2) is 4.79 Å². The lowest BCUT2D eigenvalue weighted by atomic mass is 9.89. The van der Waals surface area contributed by atoms with Crippen LogP contribution in [0.2, 0.25) is 0 Å². The topological polar surface area (TPSA) is 46.5 Å². The quantitative estimate of drug-likeness (QED) is 0.877. The highest BCUT2D eigenvalue weighted by Gasteiger charge is 2.35. The Bertz CT molecular complexity index is 507. The maximum absolute atomic E-state index is 12.5. The first-order valence-corrected chi connectivity index (χ1v) is 6.48. The summed E-state index contributed by atoms with van der Waals surface area (Å²) < 4.78 is 43.0. The molecule has 3 nitrogen and oxygen atoms in total. The van der Waals surface area contributed by atoms with Crippen LogP contribution < -0.4 is 4.74 Å². The van der Waals surface area contributed by atoms with Crippen LogP contribution in [-0.2, 0) is 11.0 Å². The molecule has 0 saturated heterocycles. The van der Waals surface area contributed by atoms with Crippen LogP contribution in [0.4, 0.5) is 13.2 Å². The van der Waals surface area contributed by atoms with Gasteiger partial charge in [-0.15, -0.1) is 0 Å². The van der Waals surface area contributed by atoms with Crippen LogP contribution in [0.25, 0.3) is 0 Å². The lowest BCUT2D eigenvalue weighted by molar-refractivity contribution is -0.150. The molecule has 0 spiro atoms. The smallest absolute Gasteiger partial charge is 0.416 e. The van der Waals surface area contributed by atoms with Crippen LogP contribution >= 0.6 is 15.9 Å². The maximum Gasteiger partial charge on any atom is 0.416 e. The summed E-state index contributed by atoms with van der Waals surface area (Å²) in [5.74, 6) is -1.12. The fraction of sp³-hybridized carbons (Fsp3) is 0.462. The van der Waals surface area contributed by atoms with Crippen LogP contribution in [0, 0.1) is 5.41 Å². The molecule has 112 valence electrons. The van der Waals surface area contributed by atoms with E-state index in [1.165, 1.54) is 0 Å². The summed E-state index contributed by atoms with van der Waals surface area (Å²) in [5.41, 5.74) is -1.53. The van der Waals surface area contributed by atoms with E-state index < -0.39 is 29.2 Å². The zero-order valence-electron chi connectivity index (χ0n) is 11.1. The first-order valence-electron chi connectivity index (χ1n) is 5.69. The summed E-state index contributed by atoms with van der Waals surface area (Å²) in [6, 6.07) is 2.81. The van der Waals surface area contributed by atoms with Crippen molar-refractivity contribution in [2.75, 3.05) is 0 Å². The first kappa shape index (κ1) is 16.8. The molecular formula is C13H14BrF3O3. The van der Waals surface area contributed by atoms with Gasteiger partial charge in [-0.1, -0.05) is 20.8 Å². The minimum absolute atomic E-state index is 0.0559. The predicted molar refractivity (Wildman–Crippen MR) is 70.7 cm³/mol. The summed E-state index contributed by atoms with van der Waals surface area (Å²) in [6.07, 6.45) is -5.63. The van der Waals surface area contributed by atoms with Crippen molar-refractivity contribution in [1.82, 2.24) is 0 Å². The van der Waals surface area contributed by atoms with Gasteiger partial charge in [0.2, 0.25) is 0 Å². The van der Waals surface area contributed by atoms with E-state index in [2.05, 4.69) is 15.9 Å². The molecule has 7 heteroatoms. The monoisotopic (exact) mass is 354 g/mol. The molecule has 0 saturated carbocycles. The standard InChI is InChI=1S/C13H14BrF3O3/c1-12(2,3)10(11(18)19)20-9-5-4-7(6-8(9)14)13(15,16)17/h4-6,10H,1-3H3,(H,18,19). The van der Waals surface area contributed by atoms with Gasteiger partial charge in [0, 0.05) is 5.41 Å². The Morgan fingerprint density at radius 1 is 1.30 bits per heavy atom. The third-order valence-electron chi connectivity index (χ3n) is 2.51. The van der Waals surface area contributed by atoms with Crippen molar-refractivity contribution < 1.29 is 27.8 Å². The van der Waals surface area contributed by atoms with Gasteiger partial charge in [0.25, 0.3) is 0 Å². The largest absolute Gasteiger partial charge is 0.478 e. The number of rotatable bonds is 3. The van der Waals surface area contributed by atoms with Gasteiger partial charge < -0.3 is 9.84 Å². The van der Waals surface area contributed by atoms with Gasteiger partial charge in [0.1, 0.15) is 5.75 Å². The zero-order chi connectivity index (χ0) is 15.7. The molecule has 1 aromatic carbocycles. The van der Waals surface area contributed by atoms with Gasteiger partial charge in [-0.2, -0.15) is 13.2 Å². The van der Waals surface area contributed by atoms with Crippen LogP contribution in [0.5, 0.6) is 5.75 Å². The molecule has 0 aliphatic carbocycles. The van der Waals surface area contributed by atoms with Gasteiger partial charge >= 0.3 is 12.1 Å². The Morgan fingerprint density at radius 2 is 1.85 bits per heavy atom. The Morgan fingerprint density at radius 3 is 2.20 bits per heavy atom. The first-order chi connectivity index (χ1) is 8.93. The van der Waals surface area contributed by atoms with Crippen molar-refractivity contribution in [3.8, 4) is 5.75 Å². The number of carbonyl (C=O) groups is 1. The van der Waals surface area contributed by atoms with Gasteiger partial charge in [0.05, 0.1) is 10.0 Å². The van der Waals surface area contributed by atoms with E-state index in [0.29, 0.717) is 0 Å². The van der Waals surface area contributed by atoms with Crippen LogP contribution in [0.1, 0.15) is 26.3 Å². The number of alkyl halides is 3. The molecular weight excluding hydrogens is 341 g/mol. The van der Waals surface area contributed by atoms with Crippen LogP contribution in [0.15, 0.2) is 22.7 Å². The predicted octanol–water partition coefficient (Wildman–Crippen LogP) is 4.35. The van der Waals surface area contributed by atoms with E-state index in [1.807, 2.05) is 0 Å². The van der Waals surface area contributed by atoms with Crippen molar-refractivity contribution in [2.45, 2.75) is 33.1 Å². The second-order valence-electron chi connectivity index (χ2n) is 5.35. The van der Waals surface area contributed by atoms with Crippen molar-refractivity contribution in [3.63, 3.8) is 0 Å². The fourth-order valence-corrected chi connectivity index (χ4v) is 1.97. The highest BCUT2D eigenvalue weighted by atomic mass is 79.9. The average Bonchev–Trinajstić information content (AvgIpc) is 2.23. The number of carboxylic acids is 1. The summed E-state index contributed by atoms with van der Waals surface area (Å²) in [6.45, 7) is 5.01. The number of carboxylic acid groups (broad SMARTS) is 1. The summed E-state index contributed by atoms with van der Waals surface area (Å²) in [4.78, 5) is 11.2. The summed E-state index contributed by atoms with van der Waals surface area (Å²) in [7, 11) is 0. The molecule has 1 rings (SSSR count). The third-order valence-corrected chi connectivity index (χ3v) is 3.13. The number of hydrogen-bond donors (Lipinski definition) is 1. The molecule has 1 aromatic rings.